The molecule has 0 N–H and O–H groups in total. The zero-order valence-corrected chi connectivity index (χ0v) is 15.2. The third-order valence-corrected chi connectivity index (χ3v) is 4.90. The summed E-state index contributed by atoms with van der Waals surface area (Å²) in [4.78, 5) is 33.2. The van der Waals surface area contributed by atoms with Gasteiger partial charge in [-0.05, 0) is 35.9 Å². The molecule has 6 nitrogen and oxygen atoms in total. The van der Waals surface area contributed by atoms with E-state index in [-0.39, 0.29) is 24.1 Å². The summed E-state index contributed by atoms with van der Waals surface area (Å²) in [7, 11) is 0. The highest BCUT2D eigenvalue weighted by Crippen LogP contribution is 2.23. The SMILES string of the molecule is C=CC(=O)N1CCN(c2cn3ccccc3n2)C(=O)C1Cc1cccc(F)c1. The minimum absolute atomic E-state index is 0.222. The number of benzene rings is 1. The number of fused-ring (bicyclic) bond motifs is 1. The second-order valence-electron chi connectivity index (χ2n) is 6.64. The molecule has 1 aromatic carbocycles. The molecule has 0 spiro atoms. The highest BCUT2D eigenvalue weighted by molar-refractivity contribution is 6.01. The molecule has 1 unspecified atom stereocenters. The molecule has 7 heteroatoms. The van der Waals surface area contributed by atoms with Crippen molar-refractivity contribution in [1.29, 1.82) is 0 Å². The van der Waals surface area contributed by atoms with E-state index < -0.39 is 6.04 Å². The van der Waals surface area contributed by atoms with Crippen molar-refractivity contribution in [2.45, 2.75) is 12.5 Å². The molecule has 0 aliphatic carbocycles. The predicted molar refractivity (Wildman–Crippen MR) is 103 cm³/mol. The molecular weight excluding hydrogens is 359 g/mol. The van der Waals surface area contributed by atoms with Crippen LogP contribution in [0.4, 0.5) is 10.2 Å². The minimum Gasteiger partial charge on any atom is -0.325 e. The first-order valence-corrected chi connectivity index (χ1v) is 8.99. The van der Waals surface area contributed by atoms with Crippen LogP contribution in [0.5, 0.6) is 0 Å². The van der Waals surface area contributed by atoms with Gasteiger partial charge in [-0.2, -0.15) is 0 Å². The van der Waals surface area contributed by atoms with E-state index in [4.69, 9.17) is 0 Å². The topological polar surface area (TPSA) is 57.9 Å². The van der Waals surface area contributed by atoms with E-state index in [1.165, 1.54) is 23.1 Å². The summed E-state index contributed by atoms with van der Waals surface area (Å²) in [6.45, 7) is 4.22. The highest BCUT2D eigenvalue weighted by atomic mass is 19.1. The molecule has 1 aliphatic rings. The summed E-state index contributed by atoms with van der Waals surface area (Å²) in [5.74, 6) is -0.399. The van der Waals surface area contributed by atoms with Gasteiger partial charge in [-0.1, -0.05) is 24.8 Å². The Kier molecular flexibility index (Phi) is 4.65. The van der Waals surface area contributed by atoms with Crippen LogP contribution in [-0.2, 0) is 16.0 Å². The first-order valence-electron chi connectivity index (χ1n) is 8.99. The molecule has 0 bridgehead atoms. The van der Waals surface area contributed by atoms with Gasteiger partial charge in [-0.15, -0.1) is 0 Å². The fourth-order valence-electron chi connectivity index (χ4n) is 3.53. The highest BCUT2D eigenvalue weighted by Gasteiger charge is 2.38. The Labute approximate surface area is 161 Å². The summed E-state index contributed by atoms with van der Waals surface area (Å²) in [5, 5.41) is 0. The predicted octanol–water partition coefficient (Wildman–Crippen LogP) is 2.45. The lowest BCUT2D eigenvalue weighted by Gasteiger charge is -2.39. The molecule has 1 saturated heterocycles. The molecule has 2 aromatic heterocycles. The van der Waals surface area contributed by atoms with Gasteiger partial charge < -0.3 is 9.30 Å². The zero-order valence-electron chi connectivity index (χ0n) is 15.2. The largest absolute Gasteiger partial charge is 0.325 e. The summed E-state index contributed by atoms with van der Waals surface area (Å²) in [6, 6.07) is 10.9. The number of piperazine rings is 1. The van der Waals surface area contributed by atoms with E-state index in [0.717, 1.165) is 5.65 Å². The molecule has 3 heterocycles. The van der Waals surface area contributed by atoms with Crippen LogP contribution in [0.1, 0.15) is 5.56 Å². The molecule has 0 radical (unpaired) electrons. The molecule has 3 aromatic rings. The minimum atomic E-state index is -0.745. The second-order valence-corrected chi connectivity index (χ2v) is 6.64. The van der Waals surface area contributed by atoms with Gasteiger partial charge in [0, 0.05) is 25.7 Å². The van der Waals surface area contributed by atoms with Gasteiger partial charge in [-0.3, -0.25) is 14.5 Å². The lowest BCUT2D eigenvalue weighted by Crippen LogP contribution is -2.59. The number of imidazole rings is 1. The fraction of sp³-hybridized carbons (Fsp3) is 0.190. The standard InChI is InChI=1S/C21H19FN4O2/c1-2-20(27)25-10-11-26(19-14-24-9-4-3-8-18(24)23-19)21(28)17(25)13-15-6-5-7-16(22)12-15/h2-9,12,14,17H,1,10-11,13H2. The van der Waals surface area contributed by atoms with Crippen molar-refractivity contribution in [1.82, 2.24) is 14.3 Å². The maximum Gasteiger partial charge on any atom is 0.251 e. The van der Waals surface area contributed by atoms with Crippen LogP contribution >= 0.6 is 0 Å². The Balaban J connectivity index is 1.67. The maximum absolute atomic E-state index is 13.6. The molecule has 1 aliphatic heterocycles. The molecule has 1 atom stereocenters. The molecule has 1 fully saturated rings. The van der Waals surface area contributed by atoms with E-state index in [2.05, 4.69) is 11.6 Å². The van der Waals surface area contributed by atoms with Crippen molar-refractivity contribution in [3.05, 3.63) is 78.9 Å². The van der Waals surface area contributed by atoms with Crippen LogP contribution in [0, 0.1) is 5.82 Å². The Bertz CT molecular complexity index is 1030. The Morgan fingerprint density at radius 2 is 2.11 bits per heavy atom. The summed E-state index contributed by atoms with van der Waals surface area (Å²) < 4.78 is 15.4. The maximum atomic E-state index is 13.6. The van der Waals surface area contributed by atoms with Gasteiger partial charge in [0.2, 0.25) is 5.91 Å². The number of aromatic nitrogens is 2. The van der Waals surface area contributed by atoms with Crippen LogP contribution < -0.4 is 4.90 Å². The molecule has 142 valence electrons. The smallest absolute Gasteiger partial charge is 0.251 e. The number of carbonyl (C=O) groups is 2. The first-order chi connectivity index (χ1) is 13.6. The number of hydrogen-bond acceptors (Lipinski definition) is 3. The van der Waals surface area contributed by atoms with E-state index in [0.29, 0.717) is 24.5 Å². The van der Waals surface area contributed by atoms with E-state index in [9.17, 15) is 14.0 Å². The van der Waals surface area contributed by atoms with Crippen molar-refractivity contribution in [3.8, 4) is 0 Å². The molecule has 2 amide bonds. The third-order valence-electron chi connectivity index (χ3n) is 4.90. The summed E-state index contributed by atoms with van der Waals surface area (Å²) in [6.07, 6.45) is 5.07. The average molecular weight is 378 g/mol. The number of carbonyl (C=O) groups excluding carboxylic acids is 2. The van der Waals surface area contributed by atoms with Crippen LogP contribution in [0.2, 0.25) is 0 Å². The van der Waals surface area contributed by atoms with Crippen molar-refractivity contribution >= 4 is 23.3 Å². The van der Waals surface area contributed by atoms with Gasteiger partial charge >= 0.3 is 0 Å². The van der Waals surface area contributed by atoms with Crippen LogP contribution in [-0.4, -0.2) is 45.2 Å². The fourth-order valence-corrected chi connectivity index (χ4v) is 3.53. The van der Waals surface area contributed by atoms with Gasteiger partial charge in [0.25, 0.3) is 5.91 Å². The van der Waals surface area contributed by atoms with Gasteiger partial charge in [-0.25, -0.2) is 9.37 Å². The number of nitrogens with zero attached hydrogens (tertiary/aromatic N) is 4. The second kappa shape index (κ2) is 7.26. The van der Waals surface area contributed by atoms with Crippen LogP contribution in [0.25, 0.3) is 5.65 Å². The Morgan fingerprint density at radius 3 is 2.86 bits per heavy atom. The summed E-state index contributed by atoms with van der Waals surface area (Å²) in [5.41, 5.74) is 1.38. The number of anilines is 1. The number of amides is 2. The van der Waals surface area contributed by atoms with Gasteiger partial charge in [0.05, 0.1) is 6.20 Å². The lowest BCUT2D eigenvalue weighted by molar-refractivity contribution is -0.138. The monoisotopic (exact) mass is 378 g/mol. The average Bonchev–Trinajstić information content (AvgIpc) is 3.12. The molecule has 0 saturated carbocycles. The van der Waals surface area contributed by atoms with E-state index >= 15 is 0 Å². The molecule has 28 heavy (non-hydrogen) atoms. The van der Waals surface area contributed by atoms with Crippen LogP contribution in [0.15, 0.2) is 67.5 Å². The zero-order chi connectivity index (χ0) is 19.7. The van der Waals surface area contributed by atoms with Gasteiger partial charge in [0.1, 0.15) is 17.5 Å². The van der Waals surface area contributed by atoms with Crippen molar-refractivity contribution in [2.24, 2.45) is 0 Å². The first kappa shape index (κ1) is 17.9. The summed E-state index contributed by atoms with van der Waals surface area (Å²) >= 11 is 0. The van der Waals surface area contributed by atoms with Crippen LogP contribution in [0.3, 0.4) is 0 Å². The number of halogens is 1. The molecular formula is C21H19FN4O2. The third kappa shape index (κ3) is 3.26. The Hall–Kier alpha value is -3.48. The van der Waals surface area contributed by atoms with Gasteiger partial charge in [0.15, 0.2) is 5.82 Å². The van der Waals surface area contributed by atoms with E-state index in [1.807, 2.05) is 28.8 Å². The van der Waals surface area contributed by atoms with Crippen molar-refractivity contribution in [3.63, 3.8) is 0 Å². The number of hydrogen-bond donors (Lipinski definition) is 0. The molecule has 4 rings (SSSR count). The normalized spacial score (nSPS) is 17.2. The number of pyridine rings is 1. The lowest BCUT2D eigenvalue weighted by atomic mass is 10.0. The van der Waals surface area contributed by atoms with E-state index in [1.54, 1.807) is 23.2 Å². The number of rotatable bonds is 4. The Morgan fingerprint density at radius 1 is 1.25 bits per heavy atom. The van der Waals surface area contributed by atoms with Crippen molar-refractivity contribution < 1.29 is 14.0 Å². The van der Waals surface area contributed by atoms with Crippen molar-refractivity contribution in [2.75, 3.05) is 18.0 Å². The quantitative estimate of drug-likeness (QED) is 0.656.